The number of nitrogens with zero attached hydrogens (tertiary/aromatic N) is 1. The molecule has 3 rings (SSSR count). The van der Waals surface area contributed by atoms with Crippen LogP contribution in [0.5, 0.6) is 0 Å². The zero-order valence-corrected chi connectivity index (χ0v) is 28.5. The summed E-state index contributed by atoms with van der Waals surface area (Å²) in [6.45, 7) is 5.60. The van der Waals surface area contributed by atoms with Gasteiger partial charge in [-0.15, -0.1) is 0 Å². The first-order chi connectivity index (χ1) is 22.5. The molecular weight excluding hydrogens is 618 g/mol. The fourth-order valence-electron chi connectivity index (χ4n) is 5.56. The molecule has 3 aromatic rings. The van der Waals surface area contributed by atoms with Gasteiger partial charge in [-0.1, -0.05) is 86.6 Å². The van der Waals surface area contributed by atoms with E-state index in [9.17, 15) is 28.2 Å². The van der Waals surface area contributed by atoms with E-state index >= 15 is 0 Å². The maximum Gasteiger partial charge on any atom is 0.407 e. The Morgan fingerprint density at radius 1 is 0.809 bits per heavy atom. The lowest BCUT2D eigenvalue weighted by molar-refractivity contribution is -0.124. The number of aliphatic hydroxyl groups excluding tert-OH is 2. The first-order valence-electron chi connectivity index (χ1n) is 16.1. The predicted octanol–water partition coefficient (Wildman–Crippen LogP) is 4.81. The Kier molecular flexibility index (Phi) is 14.9. The minimum absolute atomic E-state index is 0.105. The summed E-state index contributed by atoms with van der Waals surface area (Å²) >= 11 is 0. The van der Waals surface area contributed by atoms with Gasteiger partial charge in [-0.25, -0.2) is 13.2 Å². The standard InChI is InChI=1S/C36H49N3O7S/c1-26(2)22-23-39(47(44,45)32-20-18-28(24-40)19-21-32)31(25-41)17-11-12-27(3)37-35(42)34(38-36(43)46-4)33(29-13-7-5-8-14-29)30-15-9-6-10-16-30/h5-10,13-16,18-21,26-27,31,33-34,40-41H,11-12,17,22-25H2,1-4H3,(H,37,42)(H,38,43)/t27-,31-,34-/m0/s1. The third-order valence-electron chi connectivity index (χ3n) is 8.21. The molecule has 11 heteroatoms. The second-order valence-corrected chi connectivity index (χ2v) is 14.1. The fourth-order valence-corrected chi connectivity index (χ4v) is 7.22. The Morgan fingerprint density at radius 2 is 1.38 bits per heavy atom. The van der Waals surface area contributed by atoms with Crippen molar-refractivity contribution < 1.29 is 33.0 Å². The van der Waals surface area contributed by atoms with Crippen LogP contribution in [0.15, 0.2) is 89.8 Å². The number of benzene rings is 3. The number of ether oxygens (including phenoxy) is 1. The van der Waals surface area contributed by atoms with Gasteiger partial charge in [0.1, 0.15) is 6.04 Å². The van der Waals surface area contributed by atoms with Gasteiger partial charge in [0.05, 0.1) is 25.2 Å². The van der Waals surface area contributed by atoms with Gasteiger partial charge in [0.2, 0.25) is 15.9 Å². The highest BCUT2D eigenvalue weighted by Gasteiger charge is 2.34. The second kappa shape index (κ2) is 18.5. The van der Waals surface area contributed by atoms with Crippen LogP contribution in [0.2, 0.25) is 0 Å². The van der Waals surface area contributed by atoms with Crippen LogP contribution in [0, 0.1) is 5.92 Å². The van der Waals surface area contributed by atoms with Crippen molar-refractivity contribution in [2.45, 2.75) is 82.0 Å². The van der Waals surface area contributed by atoms with E-state index in [1.54, 1.807) is 12.1 Å². The molecule has 0 saturated heterocycles. The SMILES string of the molecule is COC(=O)N[C@H](C(=O)N[C@@H](C)CCC[C@@H](CO)N(CCC(C)C)S(=O)(=O)c1ccc(CO)cc1)C(c1ccccc1)c1ccccc1. The Bertz CT molecular complexity index is 1450. The van der Waals surface area contributed by atoms with Gasteiger partial charge in [-0.3, -0.25) is 4.79 Å². The van der Waals surface area contributed by atoms with Crippen LogP contribution in [0.4, 0.5) is 4.79 Å². The third kappa shape index (κ3) is 10.9. The van der Waals surface area contributed by atoms with E-state index < -0.39 is 34.1 Å². The van der Waals surface area contributed by atoms with Crippen molar-refractivity contribution in [2.24, 2.45) is 5.92 Å². The zero-order valence-electron chi connectivity index (χ0n) is 27.7. The lowest BCUT2D eigenvalue weighted by atomic mass is 9.84. The average Bonchev–Trinajstić information content (AvgIpc) is 3.07. The monoisotopic (exact) mass is 667 g/mol. The van der Waals surface area contributed by atoms with E-state index in [2.05, 4.69) is 10.6 Å². The van der Waals surface area contributed by atoms with Crippen molar-refractivity contribution in [3.05, 3.63) is 102 Å². The van der Waals surface area contributed by atoms with Gasteiger partial charge in [-0.2, -0.15) is 4.31 Å². The predicted molar refractivity (Wildman–Crippen MR) is 182 cm³/mol. The highest BCUT2D eigenvalue weighted by molar-refractivity contribution is 7.89. The van der Waals surface area contributed by atoms with Gasteiger partial charge >= 0.3 is 6.09 Å². The highest BCUT2D eigenvalue weighted by atomic mass is 32.2. The van der Waals surface area contributed by atoms with E-state index in [1.165, 1.54) is 23.5 Å². The summed E-state index contributed by atoms with van der Waals surface area (Å²) in [5.74, 6) is -0.624. The molecule has 10 nitrogen and oxygen atoms in total. The summed E-state index contributed by atoms with van der Waals surface area (Å²) < 4.78 is 33.7. The number of carbonyl (C=O) groups excluding carboxylic acids is 2. The molecule has 4 N–H and O–H groups in total. The van der Waals surface area contributed by atoms with E-state index in [1.807, 2.05) is 81.4 Å². The van der Waals surface area contributed by atoms with Crippen molar-refractivity contribution in [3.63, 3.8) is 0 Å². The third-order valence-corrected chi connectivity index (χ3v) is 10.2. The Morgan fingerprint density at radius 3 is 1.87 bits per heavy atom. The molecule has 0 aliphatic rings. The molecule has 0 aliphatic heterocycles. The van der Waals surface area contributed by atoms with E-state index in [-0.39, 0.29) is 42.5 Å². The lowest BCUT2D eigenvalue weighted by Crippen LogP contribution is -2.52. The highest BCUT2D eigenvalue weighted by Crippen LogP contribution is 2.29. The molecule has 256 valence electrons. The topological polar surface area (TPSA) is 145 Å². The summed E-state index contributed by atoms with van der Waals surface area (Å²) in [5, 5.41) is 25.5. The molecule has 0 saturated carbocycles. The Labute approximate surface area is 279 Å². The zero-order chi connectivity index (χ0) is 34.4. The van der Waals surface area contributed by atoms with Crippen molar-refractivity contribution in [1.82, 2.24) is 14.9 Å². The maximum absolute atomic E-state index is 13.8. The first-order valence-corrected chi connectivity index (χ1v) is 17.5. The summed E-state index contributed by atoms with van der Waals surface area (Å²) in [6.07, 6.45) is 1.31. The summed E-state index contributed by atoms with van der Waals surface area (Å²) in [7, 11) is -2.67. The van der Waals surface area contributed by atoms with Crippen LogP contribution >= 0.6 is 0 Å². The van der Waals surface area contributed by atoms with E-state index in [0.717, 1.165) is 11.1 Å². The Hall–Kier alpha value is -3.77. The molecule has 0 spiro atoms. The molecule has 0 aromatic heterocycles. The molecule has 3 atom stereocenters. The van der Waals surface area contributed by atoms with Crippen molar-refractivity contribution in [1.29, 1.82) is 0 Å². The molecule has 0 fully saturated rings. The number of hydrogen-bond donors (Lipinski definition) is 4. The number of amides is 2. The number of aliphatic hydroxyl groups is 2. The van der Waals surface area contributed by atoms with Crippen LogP contribution in [0.25, 0.3) is 0 Å². The normalized spacial score (nSPS) is 13.7. The molecule has 0 unspecified atom stereocenters. The molecule has 0 heterocycles. The van der Waals surface area contributed by atoms with Crippen LogP contribution in [0.3, 0.4) is 0 Å². The molecular formula is C36H49N3O7S. The number of alkyl carbamates (subject to hydrolysis) is 1. The van der Waals surface area contributed by atoms with Gasteiger partial charge in [0.25, 0.3) is 0 Å². The molecule has 47 heavy (non-hydrogen) atoms. The smallest absolute Gasteiger partial charge is 0.407 e. The Balaban J connectivity index is 1.75. The van der Waals surface area contributed by atoms with Crippen LogP contribution < -0.4 is 10.6 Å². The van der Waals surface area contributed by atoms with Crippen molar-refractivity contribution in [3.8, 4) is 0 Å². The number of methoxy groups -OCH3 is 1. The minimum atomic E-state index is -3.92. The molecule has 3 aromatic carbocycles. The summed E-state index contributed by atoms with van der Waals surface area (Å²) in [5.41, 5.74) is 2.31. The average molecular weight is 668 g/mol. The largest absolute Gasteiger partial charge is 0.453 e. The lowest BCUT2D eigenvalue weighted by Gasteiger charge is -2.31. The number of rotatable bonds is 18. The number of hydrogen-bond acceptors (Lipinski definition) is 7. The molecule has 0 radical (unpaired) electrons. The number of sulfonamides is 1. The molecule has 0 bridgehead atoms. The maximum atomic E-state index is 13.8. The van der Waals surface area contributed by atoms with Crippen LogP contribution in [-0.2, 0) is 26.2 Å². The van der Waals surface area contributed by atoms with E-state index in [4.69, 9.17) is 4.74 Å². The summed E-state index contributed by atoms with van der Waals surface area (Å²) in [4.78, 5) is 26.4. The van der Waals surface area contributed by atoms with Crippen LogP contribution in [-0.4, -0.2) is 73.3 Å². The van der Waals surface area contributed by atoms with E-state index in [0.29, 0.717) is 31.2 Å². The molecule has 0 aliphatic carbocycles. The fraction of sp³-hybridized carbons (Fsp3) is 0.444. The van der Waals surface area contributed by atoms with Crippen LogP contribution in [0.1, 0.15) is 69.1 Å². The quantitative estimate of drug-likeness (QED) is 0.152. The number of carbonyl (C=O) groups is 2. The van der Waals surface area contributed by atoms with Crippen molar-refractivity contribution >= 4 is 22.0 Å². The molecule has 2 amide bonds. The van der Waals surface area contributed by atoms with Crippen molar-refractivity contribution in [2.75, 3.05) is 20.3 Å². The van der Waals surface area contributed by atoms with Gasteiger partial charge < -0.3 is 25.6 Å². The summed E-state index contributed by atoms with van der Waals surface area (Å²) in [6, 6.07) is 23.1. The van der Waals surface area contributed by atoms with Gasteiger partial charge in [0, 0.05) is 24.5 Å². The number of nitrogens with one attached hydrogen (secondary N) is 2. The minimum Gasteiger partial charge on any atom is -0.453 e. The second-order valence-electron chi connectivity index (χ2n) is 12.2. The first kappa shape index (κ1) is 37.7. The van der Waals surface area contributed by atoms with Gasteiger partial charge in [-0.05, 0) is 67.3 Å². The van der Waals surface area contributed by atoms with Gasteiger partial charge in [0.15, 0.2) is 0 Å².